The summed E-state index contributed by atoms with van der Waals surface area (Å²) in [6.07, 6.45) is 3.65. The normalized spacial score (nSPS) is 18.2. The fourth-order valence-electron chi connectivity index (χ4n) is 2.76. The Kier molecular flexibility index (Phi) is 4.97. The highest BCUT2D eigenvalue weighted by atomic mass is 127. The van der Waals surface area contributed by atoms with Gasteiger partial charge in [-0.25, -0.2) is 4.79 Å². The Bertz CT molecular complexity index is 629. The number of benzene rings is 1. The number of hydrogen-bond donors (Lipinski definition) is 1. The summed E-state index contributed by atoms with van der Waals surface area (Å²) in [5.74, 6) is 0.312. The molecule has 1 aromatic heterocycles. The Morgan fingerprint density at radius 1 is 1.41 bits per heavy atom. The summed E-state index contributed by atoms with van der Waals surface area (Å²) in [4.78, 5) is 14.0. The molecule has 2 aromatic rings. The minimum absolute atomic E-state index is 0.233. The molecule has 6 heteroatoms. The van der Waals surface area contributed by atoms with Crippen LogP contribution in [0.1, 0.15) is 30.0 Å². The number of nitrogens with zero attached hydrogens (tertiary/aromatic N) is 2. The van der Waals surface area contributed by atoms with Crippen molar-refractivity contribution < 1.29 is 9.53 Å². The maximum atomic E-state index is 12.2. The summed E-state index contributed by atoms with van der Waals surface area (Å²) >= 11 is 2.28. The van der Waals surface area contributed by atoms with Crippen molar-refractivity contribution in [1.29, 1.82) is 0 Å². The average Bonchev–Trinajstić information content (AvgIpc) is 3.00. The fourth-order valence-corrected chi connectivity index (χ4v) is 3.46. The summed E-state index contributed by atoms with van der Waals surface area (Å²) in [5.41, 5.74) is 2.13. The van der Waals surface area contributed by atoms with Gasteiger partial charge in [-0.05, 0) is 41.0 Å². The molecule has 1 aromatic carbocycles. The van der Waals surface area contributed by atoms with Crippen molar-refractivity contribution in [2.24, 2.45) is 0 Å². The van der Waals surface area contributed by atoms with Gasteiger partial charge in [0.2, 0.25) is 0 Å². The van der Waals surface area contributed by atoms with Crippen LogP contribution in [0.4, 0.5) is 4.79 Å². The van der Waals surface area contributed by atoms with Gasteiger partial charge in [0, 0.05) is 19.0 Å². The molecule has 0 bridgehead atoms. The Labute approximate surface area is 143 Å². The number of carbonyl (C=O) groups excluding carboxylic acids is 1. The SMILES string of the molecule is O=C(OCc1ccccc1)N1CCCC(c2[nH]ncc2I)C1. The molecule has 1 saturated heterocycles. The first-order valence-electron chi connectivity index (χ1n) is 7.38. The van der Waals surface area contributed by atoms with E-state index in [4.69, 9.17) is 4.74 Å². The molecule has 0 saturated carbocycles. The number of amides is 1. The van der Waals surface area contributed by atoms with Gasteiger partial charge in [-0.15, -0.1) is 0 Å². The number of ether oxygens (including phenoxy) is 1. The van der Waals surface area contributed by atoms with Crippen molar-refractivity contribution >= 4 is 28.7 Å². The van der Waals surface area contributed by atoms with Crippen LogP contribution in [-0.4, -0.2) is 34.3 Å². The van der Waals surface area contributed by atoms with E-state index in [1.54, 1.807) is 4.90 Å². The number of hydrogen-bond acceptors (Lipinski definition) is 3. The lowest BCUT2D eigenvalue weighted by molar-refractivity contribution is 0.0855. The Balaban J connectivity index is 1.57. The molecule has 1 atom stereocenters. The van der Waals surface area contributed by atoms with Crippen LogP contribution < -0.4 is 0 Å². The Morgan fingerprint density at radius 2 is 2.23 bits per heavy atom. The molecule has 116 valence electrons. The first kappa shape index (κ1) is 15.3. The molecule has 1 aliphatic rings. The standard InChI is InChI=1S/C16H18IN3O2/c17-14-9-18-19-15(14)13-7-4-8-20(10-13)16(21)22-11-12-5-2-1-3-6-12/h1-3,5-6,9,13H,4,7-8,10-11H2,(H,18,19). The quantitative estimate of drug-likeness (QED) is 0.787. The molecule has 2 heterocycles. The van der Waals surface area contributed by atoms with Gasteiger partial charge in [0.1, 0.15) is 6.61 Å². The molecular formula is C16H18IN3O2. The van der Waals surface area contributed by atoms with Crippen molar-refractivity contribution in [3.05, 3.63) is 51.4 Å². The molecule has 1 N–H and O–H groups in total. The summed E-state index contributed by atoms with van der Waals surface area (Å²) in [5, 5.41) is 7.13. The Morgan fingerprint density at radius 3 is 2.95 bits per heavy atom. The number of rotatable bonds is 3. The third-order valence-electron chi connectivity index (χ3n) is 3.91. The first-order valence-corrected chi connectivity index (χ1v) is 8.46. The smallest absolute Gasteiger partial charge is 0.410 e. The van der Waals surface area contributed by atoms with Gasteiger partial charge < -0.3 is 9.64 Å². The number of H-pyrrole nitrogens is 1. The topological polar surface area (TPSA) is 58.2 Å². The highest BCUT2D eigenvalue weighted by molar-refractivity contribution is 14.1. The number of piperidine rings is 1. The van der Waals surface area contributed by atoms with E-state index >= 15 is 0 Å². The highest BCUT2D eigenvalue weighted by Gasteiger charge is 2.27. The molecule has 5 nitrogen and oxygen atoms in total. The van der Waals surface area contributed by atoms with Gasteiger partial charge in [-0.2, -0.15) is 5.10 Å². The lowest BCUT2D eigenvalue weighted by atomic mass is 9.95. The number of carbonyl (C=O) groups is 1. The third kappa shape index (κ3) is 3.60. The fraction of sp³-hybridized carbons (Fsp3) is 0.375. The van der Waals surface area contributed by atoms with Gasteiger partial charge in [-0.3, -0.25) is 5.10 Å². The summed E-state index contributed by atoms with van der Waals surface area (Å²) < 4.78 is 6.55. The molecular weight excluding hydrogens is 393 g/mol. The van der Waals surface area contributed by atoms with E-state index in [9.17, 15) is 4.79 Å². The molecule has 0 radical (unpaired) electrons. The monoisotopic (exact) mass is 411 g/mol. The second-order valence-electron chi connectivity index (χ2n) is 5.46. The molecule has 1 fully saturated rings. The highest BCUT2D eigenvalue weighted by Crippen LogP contribution is 2.28. The predicted molar refractivity (Wildman–Crippen MR) is 91.5 cm³/mol. The number of likely N-dealkylation sites (tertiary alicyclic amines) is 1. The van der Waals surface area contributed by atoms with E-state index in [1.807, 2.05) is 36.5 Å². The Hall–Kier alpha value is -1.57. The van der Waals surface area contributed by atoms with Crippen molar-refractivity contribution in [2.75, 3.05) is 13.1 Å². The van der Waals surface area contributed by atoms with Crippen LogP contribution in [0.3, 0.4) is 0 Å². The van der Waals surface area contributed by atoms with Crippen LogP contribution in [-0.2, 0) is 11.3 Å². The van der Waals surface area contributed by atoms with E-state index in [0.717, 1.165) is 34.2 Å². The zero-order valence-corrected chi connectivity index (χ0v) is 14.3. The van der Waals surface area contributed by atoms with Crippen molar-refractivity contribution in [2.45, 2.75) is 25.4 Å². The van der Waals surface area contributed by atoms with E-state index in [-0.39, 0.29) is 6.09 Å². The maximum absolute atomic E-state index is 12.2. The molecule has 1 amide bonds. The van der Waals surface area contributed by atoms with Crippen LogP contribution in [0.5, 0.6) is 0 Å². The van der Waals surface area contributed by atoms with Crippen molar-refractivity contribution in [1.82, 2.24) is 15.1 Å². The second-order valence-corrected chi connectivity index (χ2v) is 6.62. The van der Waals surface area contributed by atoms with Crippen LogP contribution in [0.2, 0.25) is 0 Å². The molecule has 0 aliphatic carbocycles. The average molecular weight is 411 g/mol. The zero-order valence-electron chi connectivity index (χ0n) is 12.2. The molecule has 22 heavy (non-hydrogen) atoms. The summed E-state index contributed by atoms with van der Waals surface area (Å²) in [6, 6.07) is 9.76. The zero-order chi connectivity index (χ0) is 15.4. The molecule has 0 spiro atoms. The first-order chi connectivity index (χ1) is 10.7. The lowest BCUT2D eigenvalue weighted by Gasteiger charge is -2.31. The minimum Gasteiger partial charge on any atom is -0.445 e. The number of aromatic nitrogens is 2. The van der Waals surface area contributed by atoms with Crippen LogP contribution in [0, 0.1) is 3.57 Å². The third-order valence-corrected chi connectivity index (χ3v) is 4.77. The number of halogens is 1. The number of aromatic amines is 1. The maximum Gasteiger partial charge on any atom is 0.410 e. The molecule has 1 unspecified atom stereocenters. The van der Waals surface area contributed by atoms with Gasteiger partial charge in [0.05, 0.1) is 15.5 Å². The van der Waals surface area contributed by atoms with E-state index in [1.165, 1.54) is 0 Å². The van der Waals surface area contributed by atoms with Crippen LogP contribution >= 0.6 is 22.6 Å². The van der Waals surface area contributed by atoms with Crippen LogP contribution in [0.25, 0.3) is 0 Å². The van der Waals surface area contributed by atoms with Gasteiger partial charge in [0.15, 0.2) is 0 Å². The number of nitrogens with one attached hydrogen (secondary N) is 1. The van der Waals surface area contributed by atoms with Crippen molar-refractivity contribution in [3.63, 3.8) is 0 Å². The molecule has 1 aliphatic heterocycles. The van der Waals surface area contributed by atoms with E-state index in [2.05, 4.69) is 32.8 Å². The van der Waals surface area contributed by atoms with Crippen molar-refractivity contribution in [3.8, 4) is 0 Å². The minimum atomic E-state index is -0.233. The van der Waals surface area contributed by atoms with Gasteiger partial charge >= 0.3 is 6.09 Å². The van der Waals surface area contributed by atoms with Crippen LogP contribution in [0.15, 0.2) is 36.5 Å². The predicted octanol–water partition coefficient (Wildman–Crippen LogP) is 3.53. The van der Waals surface area contributed by atoms with E-state index < -0.39 is 0 Å². The largest absolute Gasteiger partial charge is 0.445 e. The second kappa shape index (κ2) is 7.13. The summed E-state index contributed by atoms with van der Waals surface area (Å²) in [7, 11) is 0. The summed E-state index contributed by atoms with van der Waals surface area (Å²) in [6.45, 7) is 1.77. The van der Waals surface area contributed by atoms with Gasteiger partial charge in [0.25, 0.3) is 0 Å². The van der Waals surface area contributed by atoms with E-state index in [0.29, 0.717) is 19.1 Å². The lowest BCUT2D eigenvalue weighted by Crippen LogP contribution is -2.39. The molecule has 3 rings (SSSR count). The van der Waals surface area contributed by atoms with Gasteiger partial charge in [-0.1, -0.05) is 30.3 Å².